The van der Waals surface area contributed by atoms with Crippen LogP contribution in [0.5, 0.6) is 0 Å². The molecule has 2 rings (SSSR count). The van der Waals surface area contributed by atoms with Crippen molar-refractivity contribution in [3.8, 4) is 0 Å². The van der Waals surface area contributed by atoms with Crippen molar-refractivity contribution in [1.29, 1.82) is 0 Å². The lowest BCUT2D eigenvalue weighted by Gasteiger charge is -2.08. The Labute approximate surface area is 130 Å². The van der Waals surface area contributed by atoms with Crippen LogP contribution < -0.4 is 21.7 Å². The predicted octanol–water partition coefficient (Wildman–Crippen LogP) is -0.270. The number of nitrogen functional groups attached to an aromatic ring is 1. The number of guanidine groups is 1. The number of carbonyl (C=O) groups excluding carboxylic acids is 1. The van der Waals surface area contributed by atoms with Gasteiger partial charge >= 0.3 is 0 Å². The molecule has 0 spiro atoms. The first-order valence-corrected chi connectivity index (χ1v) is 5.89. The highest BCUT2D eigenvalue weighted by Crippen LogP contribution is 2.07. The fourth-order valence-corrected chi connectivity index (χ4v) is 1.78. The van der Waals surface area contributed by atoms with Crippen LogP contribution in [0.25, 0.3) is 0 Å². The van der Waals surface area contributed by atoms with E-state index in [1.54, 1.807) is 23.9 Å². The van der Waals surface area contributed by atoms with E-state index in [2.05, 4.69) is 20.9 Å². The van der Waals surface area contributed by atoms with Crippen molar-refractivity contribution < 1.29 is 4.79 Å². The normalized spacial score (nSPS) is 12.6. The van der Waals surface area contributed by atoms with Crippen LogP contribution in [-0.2, 0) is 7.05 Å². The third-order valence-corrected chi connectivity index (χ3v) is 2.64. The maximum atomic E-state index is 11.8. The monoisotopic (exact) mass is 322 g/mol. The van der Waals surface area contributed by atoms with Gasteiger partial charge < -0.3 is 26.3 Å². The first kappa shape index (κ1) is 18.4. The summed E-state index contributed by atoms with van der Waals surface area (Å²) >= 11 is 0. The smallest absolute Gasteiger partial charge is 0.268 e. The molecule has 0 bridgehead atoms. The number of aryl methyl sites for hydroxylation is 1. The second kappa shape index (κ2) is 8.55. The summed E-state index contributed by atoms with van der Waals surface area (Å²) in [6.45, 7) is 2.84. The molecule has 0 radical (unpaired) electrons. The van der Waals surface area contributed by atoms with Crippen LogP contribution >= 0.6 is 24.8 Å². The zero-order valence-electron chi connectivity index (χ0n) is 11.2. The molecule has 0 saturated carbocycles. The van der Waals surface area contributed by atoms with Crippen molar-refractivity contribution in [3.05, 3.63) is 18.0 Å². The highest BCUT2D eigenvalue weighted by molar-refractivity contribution is 5.93. The summed E-state index contributed by atoms with van der Waals surface area (Å²) in [4.78, 5) is 16.0. The van der Waals surface area contributed by atoms with Gasteiger partial charge in [-0.25, -0.2) is 0 Å². The summed E-state index contributed by atoms with van der Waals surface area (Å²) in [7, 11) is 1.79. The van der Waals surface area contributed by atoms with Crippen molar-refractivity contribution in [2.75, 3.05) is 31.9 Å². The van der Waals surface area contributed by atoms with E-state index in [0.717, 1.165) is 19.0 Å². The van der Waals surface area contributed by atoms with Gasteiger partial charge in [0.2, 0.25) is 0 Å². The number of carbonyl (C=O) groups is 1. The molecule has 1 aliphatic rings. The summed E-state index contributed by atoms with van der Waals surface area (Å²) in [6, 6.07) is 1.66. The highest BCUT2D eigenvalue weighted by atomic mass is 35.5. The Morgan fingerprint density at radius 3 is 2.80 bits per heavy atom. The van der Waals surface area contributed by atoms with Crippen LogP contribution in [0.3, 0.4) is 0 Å². The van der Waals surface area contributed by atoms with Crippen molar-refractivity contribution >= 4 is 42.4 Å². The second-order valence-electron chi connectivity index (χ2n) is 4.11. The molecule has 5 N–H and O–H groups in total. The van der Waals surface area contributed by atoms with E-state index in [9.17, 15) is 4.79 Å². The Kier molecular flexibility index (Phi) is 7.86. The Hall–Kier alpha value is -1.60. The molecule has 0 atom stereocenters. The zero-order valence-corrected chi connectivity index (χ0v) is 12.8. The summed E-state index contributed by atoms with van der Waals surface area (Å²) in [5.74, 6) is 0.671. The number of rotatable bonds is 4. The molecule has 7 nitrogen and oxygen atoms in total. The second-order valence-corrected chi connectivity index (χ2v) is 4.11. The molecule has 20 heavy (non-hydrogen) atoms. The number of hydrogen-bond acceptors (Lipinski definition) is 5. The molecule has 0 fully saturated rings. The number of aromatic nitrogens is 1. The van der Waals surface area contributed by atoms with Gasteiger partial charge in [-0.15, -0.1) is 24.8 Å². The topological polar surface area (TPSA) is 96.5 Å². The number of anilines is 1. The van der Waals surface area contributed by atoms with Gasteiger partial charge in [-0.2, -0.15) is 0 Å². The molecule has 1 aliphatic heterocycles. The Morgan fingerprint density at radius 2 is 2.25 bits per heavy atom. The molecule has 9 heteroatoms. The van der Waals surface area contributed by atoms with Crippen LogP contribution in [0, 0.1) is 0 Å². The minimum Gasteiger partial charge on any atom is -0.397 e. The van der Waals surface area contributed by atoms with Gasteiger partial charge in [-0.3, -0.25) is 9.79 Å². The third-order valence-electron chi connectivity index (χ3n) is 2.64. The standard InChI is InChI=1S/C11H18N6O.2ClH/c1-17-7-8(12)6-9(17)10(18)13-2-3-14-11-15-4-5-16-11;;/h6-7H,2-5,12H2,1H3,(H,13,18)(H2,14,15,16);2*1H. The van der Waals surface area contributed by atoms with E-state index in [0.29, 0.717) is 24.5 Å². The SMILES string of the molecule is Cl.Cl.Cn1cc(N)cc1C(=O)NCCNC1=NCCN1. The van der Waals surface area contributed by atoms with Crippen molar-refractivity contribution in [1.82, 2.24) is 20.5 Å². The van der Waals surface area contributed by atoms with Gasteiger partial charge in [0.25, 0.3) is 5.91 Å². The van der Waals surface area contributed by atoms with Crippen LogP contribution in [0.2, 0.25) is 0 Å². The lowest BCUT2D eigenvalue weighted by Crippen LogP contribution is -2.39. The molecule has 0 aromatic carbocycles. The molecular formula is C11H20Cl2N6O. The largest absolute Gasteiger partial charge is 0.397 e. The van der Waals surface area contributed by atoms with Gasteiger partial charge in [0.15, 0.2) is 5.96 Å². The number of halogens is 2. The number of nitrogens with two attached hydrogens (primary N) is 1. The lowest BCUT2D eigenvalue weighted by atomic mass is 10.4. The number of nitrogens with zero attached hydrogens (tertiary/aromatic N) is 2. The van der Waals surface area contributed by atoms with Gasteiger partial charge in [-0.05, 0) is 6.07 Å². The van der Waals surface area contributed by atoms with Crippen LogP contribution in [0.1, 0.15) is 10.5 Å². The van der Waals surface area contributed by atoms with Crippen molar-refractivity contribution in [2.45, 2.75) is 0 Å². The average Bonchev–Trinajstić information content (AvgIpc) is 2.94. The van der Waals surface area contributed by atoms with E-state index in [1.807, 2.05) is 0 Å². The van der Waals surface area contributed by atoms with E-state index >= 15 is 0 Å². The number of nitrogens with one attached hydrogen (secondary N) is 3. The van der Waals surface area contributed by atoms with Crippen molar-refractivity contribution in [3.63, 3.8) is 0 Å². The first-order valence-electron chi connectivity index (χ1n) is 5.89. The third kappa shape index (κ3) is 4.82. The summed E-state index contributed by atoms with van der Waals surface area (Å²) < 4.78 is 1.71. The molecule has 2 heterocycles. The molecule has 0 aliphatic carbocycles. The number of hydrogen-bond donors (Lipinski definition) is 4. The van der Waals surface area contributed by atoms with Crippen LogP contribution in [0.4, 0.5) is 5.69 Å². The molecule has 114 valence electrons. The molecule has 1 aromatic rings. The summed E-state index contributed by atoms with van der Waals surface area (Å²) in [5.41, 5.74) is 6.76. The molecule has 0 saturated heterocycles. The lowest BCUT2D eigenvalue weighted by molar-refractivity contribution is 0.0946. The highest BCUT2D eigenvalue weighted by Gasteiger charge is 2.10. The zero-order chi connectivity index (χ0) is 13.0. The molecule has 1 amide bonds. The van der Waals surface area contributed by atoms with Gasteiger partial charge in [0.05, 0.1) is 12.2 Å². The molecular weight excluding hydrogens is 303 g/mol. The van der Waals surface area contributed by atoms with Gasteiger partial charge in [0.1, 0.15) is 5.69 Å². The average molecular weight is 323 g/mol. The quantitative estimate of drug-likeness (QED) is 0.574. The first-order chi connectivity index (χ1) is 8.66. The minimum absolute atomic E-state index is 0. The van der Waals surface area contributed by atoms with Crippen molar-refractivity contribution in [2.24, 2.45) is 12.0 Å². The van der Waals surface area contributed by atoms with E-state index < -0.39 is 0 Å². The predicted molar refractivity (Wildman–Crippen MR) is 85.0 cm³/mol. The Balaban J connectivity index is 0.00000180. The van der Waals surface area contributed by atoms with E-state index in [-0.39, 0.29) is 30.7 Å². The summed E-state index contributed by atoms with van der Waals surface area (Å²) in [6.07, 6.45) is 1.71. The Bertz CT molecular complexity index is 473. The molecule has 0 unspecified atom stereocenters. The maximum absolute atomic E-state index is 11.8. The van der Waals surface area contributed by atoms with E-state index in [4.69, 9.17) is 5.73 Å². The maximum Gasteiger partial charge on any atom is 0.268 e. The summed E-state index contributed by atoms with van der Waals surface area (Å²) in [5, 5.41) is 9.01. The minimum atomic E-state index is -0.127. The van der Waals surface area contributed by atoms with Crippen LogP contribution in [-0.4, -0.2) is 42.6 Å². The fourth-order valence-electron chi connectivity index (χ4n) is 1.78. The molecule has 1 aromatic heterocycles. The van der Waals surface area contributed by atoms with Crippen LogP contribution in [0.15, 0.2) is 17.3 Å². The number of aliphatic imine (C=N–C) groups is 1. The van der Waals surface area contributed by atoms with Gasteiger partial charge in [-0.1, -0.05) is 0 Å². The van der Waals surface area contributed by atoms with E-state index in [1.165, 1.54) is 0 Å². The van der Waals surface area contributed by atoms with Gasteiger partial charge in [0, 0.05) is 32.9 Å². The number of amides is 1. The Morgan fingerprint density at radius 1 is 1.50 bits per heavy atom. The fraction of sp³-hybridized carbons (Fsp3) is 0.455.